The summed E-state index contributed by atoms with van der Waals surface area (Å²) >= 11 is 0. The fourth-order valence-corrected chi connectivity index (χ4v) is 2.07. The first-order chi connectivity index (χ1) is 11.6. The summed E-state index contributed by atoms with van der Waals surface area (Å²) in [5.41, 5.74) is 0.824. The van der Waals surface area contributed by atoms with Gasteiger partial charge in [0.2, 0.25) is 11.6 Å². The minimum absolute atomic E-state index is 0.145. The summed E-state index contributed by atoms with van der Waals surface area (Å²) in [6.45, 7) is 0. The predicted octanol–water partition coefficient (Wildman–Crippen LogP) is 2.19. The van der Waals surface area contributed by atoms with Gasteiger partial charge >= 0.3 is 0 Å². The van der Waals surface area contributed by atoms with Crippen molar-refractivity contribution in [3.63, 3.8) is 0 Å². The molecule has 0 saturated carbocycles. The largest absolute Gasteiger partial charge is 0.445 e. The van der Waals surface area contributed by atoms with Crippen LogP contribution in [-0.4, -0.2) is 26.5 Å². The molecule has 0 spiro atoms. The van der Waals surface area contributed by atoms with Crippen molar-refractivity contribution in [2.75, 3.05) is 0 Å². The molecular formula is C17H12FN3O3. The molecule has 1 aromatic carbocycles. The van der Waals surface area contributed by atoms with E-state index in [4.69, 9.17) is 4.42 Å². The second-order valence-corrected chi connectivity index (χ2v) is 5.03. The van der Waals surface area contributed by atoms with Gasteiger partial charge in [-0.3, -0.25) is 9.59 Å². The molecule has 0 aliphatic heterocycles. The van der Waals surface area contributed by atoms with Gasteiger partial charge < -0.3 is 4.42 Å². The summed E-state index contributed by atoms with van der Waals surface area (Å²) in [7, 11) is 0. The number of carbonyl (C=O) groups excluding carboxylic acids is 2. The molecular weight excluding hydrogens is 313 g/mol. The Morgan fingerprint density at radius 1 is 1.04 bits per heavy atom. The van der Waals surface area contributed by atoms with E-state index >= 15 is 0 Å². The van der Waals surface area contributed by atoms with Crippen molar-refractivity contribution in [1.29, 1.82) is 0 Å². The predicted molar refractivity (Wildman–Crippen MR) is 80.8 cm³/mol. The number of benzene rings is 1. The highest BCUT2D eigenvalue weighted by atomic mass is 19.1. The monoisotopic (exact) mass is 325 g/mol. The lowest BCUT2D eigenvalue weighted by molar-refractivity contribution is -0.114. The van der Waals surface area contributed by atoms with Crippen LogP contribution in [0.3, 0.4) is 0 Å². The molecule has 3 rings (SSSR count). The maximum Gasteiger partial charge on any atom is 0.266 e. The number of oxazole rings is 1. The van der Waals surface area contributed by atoms with Gasteiger partial charge in [-0.2, -0.15) is 0 Å². The van der Waals surface area contributed by atoms with Crippen LogP contribution in [0.15, 0.2) is 53.3 Å². The van der Waals surface area contributed by atoms with Crippen LogP contribution >= 0.6 is 0 Å². The van der Waals surface area contributed by atoms with Crippen molar-refractivity contribution < 1.29 is 18.4 Å². The van der Waals surface area contributed by atoms with Crippen molar-refractivity contribution >= 4 is 11.6 Å². The molecule has 24 heavy (non-hydrogen) atoms. The fraction of sp³-hybridized carbons (Fsp3) is 0.118. The highest BCUT2D eigenvalue weighted by Crippen LogP contribution is 2.12. The molecule has 0 aliphatic carbocycles. The lowest BCUT2D eigenvalue weighted by atomic mass is 10.1. The number of aromatic nitrogens is 3. The Hall–Kier alpha value is -3.22. The first-order valence-electron chi connectivity index (χ1n) is 7.14. The summed E-state index contributed by atoms with van der Waals surface area (Å²) in [6.07, 6.45) is 4.33. The Labute approximate surface area is 136 Å². The van der Waals surface area contributed by atoms with Crippen LogP contribution in [0.1, 0.15) is 27.8 Å². The second kappa shape index (κ2) is 6.91. The summed E-state index contributed by atoms with van der Waals surface area (Å²) in [6, 6.07) is 7.50. The SMILES string of the molecule is O=C(Cc1cnc(Cc2ccc(F)cc2)o1)C(=O)c1ncccn1. The Bertz CT molecular complexity index is 860. The van der Waals surface area contributed by atoms with Gasteiger partial charge in [0, 0.05) is 18.8 Å². The number of nitrogens with zero attached hydrogens (tertiary/aromatic N) is 3. The van der Waals surface area contributed by atoms with Crippen LogP contribution in [0.2, 0.25) is 0 Å². The van der Waals surface area contributed by atoms with Crippen molar-refractivity contribution in [3.8, 4) is 0 Å². The number of carbonyl (C=O) groups is 2. The summed E-state index contributed by atoms with van der Waals surface area (Å²) in [4.78, 5) is 35.4. The molecule has 3 aromatic rings. The number of hydrogen-bond donors (Lipinski definition) is 0. The average Bonchev–Trinajstić information content (AvgIpc) is 3.04. The van der Waals surface area contributed by atoms with E-state index in [1.165, 1.54) is 30.7 Å². The summed E-state index contributed by atoms with van der Waals surface area (Å²) in [5.74, 6) is -1.25. The van der Waals surface area contributed by atoms with Gasteiger partial charge in [0.15, 0.2) is 5.89 Å². The lowest BCUT2D eigenvalue weighted by Crippen LogP contribution is -2.18. The first kappa shape index (κ1) is 15.7. The maximum absolute atomic E-state index is 12.9. The molecule has 6 nitrogen and oxygen atoms in total. The van der Waals surface area contributed by atoms with E-state index < -0.39 is 11.6 Å². The molecule has 0 atom stereocenters. The zero-order valence-corrected chi connectivity index (χ0v) is 12.5. The summed E-state index contributed by atoms with van der Waals surface area (Å²) < 4.78 is 18.3. The highest BCUT2D eigenvalue weighted by molar-refractivity contribution is 6.42. The normalized spacial score (nSPS) is 10.5. The van der Waals surface area contributed by atoms with Crippen molar-refractivity contribution in [3.05, 3.63) is 77.8 Å². The molecule has 0 bridgehead atoms. The van der Waals surface area contributed by atoms with Crippen LogP contribution in [0.5, 0.6) is 0 Å². The Morgan fingerprint density at radius 3 is 2.46 bits per heavy atom. The van der Waals surface area contributed by atoms with Crippen molar-refractivity contribution in [2.45, 2.75) is 12.8 Å². The number of rotatable bonds is 6. The van der Waals surface area contributed by atoms with Crippen molar-refractivity contribution in [2.24, 2.45) is 0 Å². The van der Waals surface area contributed by atoms with Crippen LogP contribution < -0.4 is 0 Å². The second-order valence-electron chi connectivity index (χ2n) is 5.03. The zero-order valence-electron chi connectivity index (χ0n) is 12.5. The van der Waals surface area contributed by atoms with Crippen LogP contribution in [0.4, 0.5) is 4.39 Å². The standard InChI is InChI=1S/C17H12FN3O3/c18-12-4-2-11(3-5-12)8-15-21-10-13(24-15)9-14(22)16(23)17-19-6-1-7-20-17/h1-7,10H,8-9H2. The van der Waals surface area contributed by atoms with E-state index in [0.29, 0.717) is 12.3 Å². The zero-order chi connectivity index (χ0) is 16.9. The molecule has 0 unspecified atom stereocenters. The molecule has 0 saturated heterocycles. The minimum Gasteiger partial charge on any atom is -0.445 e. The van der Waals surface area contributed by atoms with Crippen LogP contribution in [0.25, 0.3) is 0 Å². The number of ketones is 2. The van der Waals surface area contributed by atoms with Gasteiger partial charge in [-0.15, -0.1) is 0 Å². The van der Waals surface area contributed by atoms with Gasteiger partial charge in [-0.25, -0.2) is 19.3 Å². The van der Waals surface area contributed by atoms with E-state index in [2.05, 4.69) is 15.0 Å². The quantitative estimate of drug-likeness (QED) is 0.510. The highest BCUT2D eigenvalue weighted by Gasteiger charge is 2.21. The third-order valence-corrected chi connectivity index (χ3v) is 3.23. The van der Waals surface area contributed by atoms with Crippen LogP contribution in [0, 0.1) is 5.82 Å². The topological polar surface area (TPSA) is 86.0 Å². The molecule has 7 heteroatoms. The third-order valence-electron chi connectivity index (χ3n) is 3.23. The maximum atomic E-state index is 12.9. The molecule has 0 radical (unpaired) electrons. The molecule has 2 heterocycles. The van der Waals surface area contributed by atoms with Gasteiger partial charge in [0.05, 0.1) is 12.6 Å². The number of hydrogen-bond acceptors (Lipinski definition) is 6. The van der Waals surface area contributed by atoms with Crippen molar-refractivity contribution in [1.82, 2.24) is 15.0 Å². The van der Waals surface area contributed by atoms with E-state index in [9.17, 15) is 14.0 Å². The lowest BCUT2D eigenvalue weighted by Gasteiger charge is -1.98. The van der Waals surface area contributed by atoms with E-state index in [1.54, 1.807) is 18.2 Å². The molecule has 0 fully saturated rings. The number of halogens is 1. The van der Waals surface area contributed by atoms with E-state index in [1.807, 2.05) is 0 Å². The fourth-order valence-electron chi connectivity index (χ4n) is 2.07. The van der Waals surface area contributed by atoms with Gasteiger partial charge in [0.1, 0.15) is 11.6 Å². The average molecular weight is 325 g/mol. The Kier molecular flexibility index (Phi) is 4.51. The minimum atomic E-state index is -0.771. The van der Waals surface area contributed by atoms with Gasteiger partial charge in [-0.1, -0.05) is 12.1 Å². The third kappa shape index (κ3) is 3.75. The number of Topliss-reactive ketones (excluding diaryl/α,β-unsaturated/α-hetero) is 2. The summed E-state index contributed by atoms with van der Waals surface area (Å²) in [5, 5.41) is 0. The molecule has 0 aliphatic rings. The smallest absolute Gasteiger partial charge is 0.266 e. The first-order valence-corrected chi connectivity index (χ1v) is 7.14. The molecule has 2 aromatic heterocycles. The Morgan fingerprint density at radius 2 is 1.75 bits per heavy atom. The van der Waals surface area contributed by atoms with Gasteiger partial charge in [0.25, 0.3) is 5.78 Å². The van der Waals surface area contributed by atoms with E-state index in [-0.39, 0.29) is 23.8 Å². The molecule has 120 valence electrons. The van der Waals surface area contributed by atoms with Crippen LogP contribution in [-0.2, 0) is 17.6 Å². The molecule has 0 amide bonds. The Balaban J connectivity index is 1.64. The van der Waals surface area contributed by atoms with E-state index in [0.717, 1.165) is 5.56 Å². The van der Waals surface area contributed by atoms with Gasteiger partial charge in [-0.05, 0) is 23.8 Å². The molecule has 0 N–H and O–H groups in total.